The second kappa shape index (κ2) is 31.6. The first-order valence-corrected chi connectivity index (χ1v) is 37.1. The van der Waals surface area contributed by atoms with Crippen molar-refractivity contribution in [3.63, 3.8) is 0 Å². The van der Waals surface area contributed by atoms with Gasteiger partial charge in [0.05, 0.1) is 0 Å². The van der Waals surface area contributed by atoms with Crippen molar-refractivity contribution in [2.75, 3.05) is 126 Å². The highest BCUT2D eigenvalue weighted by atomic mass is 15.2. The van der Waals surface area contributed by atoms with Gasteiger partial charge in [-0.25, -0.2) is 0 Å². The van der Waals surface area contributed by atoms with Crippen LogP contribution in [-0.2, 0) is 25.7 Å². The quantitative estimate of drug-likeness (QED) is 0.117. The summed E-state index contributed by atoms with van der Waals surface area (Å²) in [5, 5.41) is 0. The van der Waals surface area contributed by atoms with E-state index in [9.17, 15) is 0 Å². The molecular weight excluding hydrogens is 1190 g/mol. The van der Waals surface area contributed by atoms with Gasteiger partial charge in [0.15, 0.2) is 0 Å². The van der Waals surface area contributed by atoms with Crippen LogP contribution in [0, 0.1) is 34.6 Å². The second-order valence-electron chi connectivity index (χ2n) is 30.2. The smallest absolute Gasteiger partial charge is 0.0421 e. The Labute approximate surface area is 582 Å². The topological polar surface area (TPSA) is 77.5 Å². The maximum Gasteiger partial charge on any atom is 0.0421 e. The molecule has 8 atom stereocenters. The molecule has 12 heterocycles. The minimum atomic E-state index is 0.649. The molecule has 0 aliphatic carbocycles. The molecule has 97 heavy (non-hydrogen) atoms. The molecule has 0 N–H and O–H groups in total. The summed E-state index contributed by atoms with van der Waals surface area (Å²) in [4.78, 5) is 38.2. The summed E-state index contributed by atoms with van der Waals surface area (Å²) in [5.74, 6) is 2.61. The van der Waals surface area contributed by atoms with E-state index in [1.54, 1.807) is 22.3 Å². The molecule has 0 unspecified atom stereocenters. The van der Waals surface area contributed by atoms with Crippen molar-refractivity contribution >= 4 is 22.7 Å². The monoisotopic (exact) mass is 1300 g/mol. The van der Waals surface area contributed by atoms with Gasteiger partial charge in [-0.15, -0.1) is 0 Å². The summed E-state index contributed by atoms with van der Waals surface area (Å²) >= 11 is 0. The van der Waals surface area contributed by atoms with Gasteiger partial charge < -0.3 is 39.2 Å². The molecule has 4 saturated heterocycles. The number of fused-ring (bicyclic) bond motifs is 12. The van der Waals surface area contributed by atoms with Crippen molar-refractivity contribution < 1.29 is 0 Å². The summed E-state index contributed by atoms with van der Waals surface area (Å²) in [6.07, 6.45) is 26.3. The van der Waals surface area contributed by atoms with E-state index >= 15 is 0 Å². The molecule has 8 aromatic rings. The molecule has 4 aromatic carbocycles. The van der Waals surface area contributed by atoms with Crippen molar-refractivity contribution in [1.29, 1.82) is 0 Å². The van der Waals surface area contributed by atoms with Gasteiger partial charge >= 0.3 is 0 Å². The van der Waals surface area contributed by atoms with E-state index in [2.05, 4.69) is 237 Å². The Bertz CT molecular complexity index is 3530. The molecule has 8 aliphatic rings. The van der Waals surface area contributed by atoms with Gasteiger partial charge in [-0.3, -0.25) is 19.9 Å². The number of anilines is 4. The van der Waals surface area contributed by atoms with E-state index in [-0.39, 0.29) is 0 Å². The largest absolute Gasteiger partial charge is 0.367 e. The number of hydrogen-bond acceptors (Lipinski definition) is 12. The molecule has 4 fully saturated rings. The maximum absolute atomic E-state index is 4.51. The van der Waals surface area contributed by atoms with Crippen LogP contribution in [0.5, 0.6) is 0 Å². The molecule has 0 radical (unpaired) electrons. The summed E-state index contributed by atoms with van der Waals surface area (Å²) < 4.78 is 0. The summed E-state index contributed by atoms with van der Waals surface area (Å²) in [6.45, 7) is 24.9. The normalized spacial score (nSPS) is 23.6. The molecule has 12 heteroatoms. The van der Waals surface area contributed by atoms with Gasteiger partial charge in [-0.2, -0.15) is 0 Å². The van der Waals surface area contributed by atoms with E-state index in [1.165, 1.54) is 171 Å². The van der Waals surface area contributed by atoms with E-state index < -0.39 is 0 Å². The number of nitrogens with zero attached hydrogens (tertiary/aromatic N) is 12. The molecular formula is C85H110N12. The van der Waals surface area contributed by atoms with Crippen molar-refractivity contribution in [2.45, 2.75) is 160 Å². The zero-order valence-corrected chi connectivity index (χ0v) is 60.0. The van der Waals surface area contributed by atoms with Crippen LogP contribution in [0.1, 0.15) is 148 Å². The molecule has 0 spiro atoms. The van der Waals surface area contributed by atoms with Crippen LogP contribution in [0.25, 0.3) is 0 Å². The predicted octanol–water partition coefficient (Wildman–Crippen LogP) is 14.8. The van der Waals surface area contributed by atoms with Crippen LogP contribution in [0.15, 0.2) is 165 Å². The summed E-state index contributed by atoms with van der Waals surface area (Å²) in [7, 11) is 9.10. The fourth-order valence-electron chi connectivity index (χ4n) is 18.1. The van der Waals surface area contributed by atoms with Crippen LogP contribution < -0.4 is 19.6 Å². The number of aromatic nitrogens is 4. The molecule has 0 amide bonds. The Kier molecular flexibility index (Phi) is 22.2. The van der Waals surface area contributed by atoms with Gasteiger partial charge in [-0.1, -0.05) is 89.0 Å². The number of likely N-dealkylation sites (N-methyl/N-ethyl adjacent to an activating group) is 4. The van der Waals surface area contributed by atoms with Gasteiger partial charge in [0.25, 0.3) is 0 Å². The first-order valence-electron chi connectivity index (χ1n) is 37.1. The van der Waals surface area contributed by atoms with Gasteiger partial charge in [0.2, 0.25) is 0 Å². The average molecular weight is 1300 g/mol. The average Bonchev–Trinajstić information content (AvgIpc) is 1.64. The van der Waals surface area contributed by atoms with E-state index in [1.807, 2.05) is 49.3 Å². The standard InChI is InChI=1S/C22H29N3.3C21H27N3/c1-16-6-9-22-19(13-16)20-15-24(3)11-4-5-21(20)25(22)12-10-18-8-7-17(2)23-14-18;1-16-7-8-21-18(13-16)19-15-23(2)11-4-6-20(19)24(21)12-9-17-5-3-10-22-14-17;1-16-5-6-21-18(14-16)19-15-23(2)12-3-4-20(19)24(21)13-9-17-7-10-22-11-8-17;1-16-8-9-21-18(14-16)19-15-23(2)12-5-7-20(19)24(21)13-10-17-6-3-4-11-22-17/h6-9,13-14,20-21H,4-5,10-12,15H2,1-3H3;3,5,7-8,10,13-14,19-20H,4,6,9,11-12,15H2,1-2H3;5-8,10-11,14,19-20H,3-4,9,12-13,15H2,1-2H3;3-4,6,8-9,11,14,19-20H,5,7,10,12-13,15H2,1-2H3/t20-,21+;3*19-,20+/m0000/s1. The highest BCUT2D eigenvalue weighted by Gasteiger charge is 2.44. The van der Waals surface area contributed by atoms with Crippen molar-refractivity contribution in [3.05, 3.63) is 237 Å². The van der Waals surface area contributed by atoms with Crippen LogP contribution in [0.4, 0.5) is 22.7 Å². The Hall–Kier alpha value is -7.48. The second-order valence-corrected chi connectivity index (χ2v) is 30.2. The van der Waals surface area contributed by atoms with Crippen LogP contribution >= 0.6 is 0 Å². The minimum Gasteiger partial charge on any atom is -0.367 e. The van der Waals surface area contributed by atoms with E-state index in [0.717, 1.165) is 57.6 Å². The third-order valence-corrected chi connectivity index (χ3v) is 22.9. The number of pyridine rings is 4. The van der Waals surface area contributed by atoms with Crippen molar-refractivity contribution in [3.8, 4) is 0 Å². The van der Waals surface area contributed by atoms with Gasteiger partial charge in [0, 0.05) is 178 Å². The number of aryl methyl sites for hydroxylation is 5. The first-order chi connectivity index (χ1) is 47.3. The van der Waals surface area contributed by atoms with Crippen molar-refractivity contribution in [1.82, 2.24) is 39.5 Å². The SMILES string of the molecule is Cc1ccc2c(c1)[C@@H]1CN(C)CCC[C@H]1N2CCc1ccc(C)nc1.Cc1ccc2c(c1)[C@@H]1CN(C)CCC[C@H]1N2CCc1ccccn1.Cc1ccc2c(c1)[C@@H]1CN(C)CCC[C@H]1N2CCc1cccnc1.Cc1ccc2c(c1)[C@@H]1CN(C)CCC[C@H]1N2CCc1ccncc1. The molecule has 510 valence electrons. The van der Waals surface area contributed by atoms with Crippen LogP contribution in [0.2, 0.25) is 0 Å². The zero-order valence-electron chi connectivity index (χ0n) is 60.0. The van der Waals surface area contributed by atoms with Crippen LogP contribution in [-0.4, -0.2) is 170 Å². The molecule has 0 bridgehead atoms. The Balaban J connectivity index is 0.000000117. The van der Waals surface area contributed by atoms with Gasteiger partial charge in [-0.05, 0) is 259 Å². The molecule has 16 rings (SSSR count). The summed E-state index contributed by atoms with van der Waals surface area (Å²) in [5.41, 5.74) is 24.0. The maximum atomic E-state index is 4.51. The lowest BCUT2D eigenvalue weighted by molar-refractivity contribution is 0.330. The van der Waals surface area contributed by atoms with E-state index in [0.29, 0.717) is 47.8 Å². The summed E-state index contributed by atoms with van der Waals surface area (Å²) in [6, 6.07) is 49.9. The predicted molar refractivity (Wildman–Crippen MR) is 404 cm³/mol. The first kappa shape index (κ1) is 68.1. The number of benzene rings is 4. The third-order valence-electron chi connectivity index (χ3n) is 22.9. The lowest BCUT2D eigenvalue weighted by Gasteiger charge is -2.29. The number of rotatable bonds is 12. The Morgan fingerprint density at radius 1 is 0.340 bits per heavy atom. The highest BCUT2D eigenvalue weighted by molar-refractivity contribution is 5.67. The highest BCUT2D eigenvalue weighted by Crippen LogP contribution is 2.49. The third kappa shape index (κ3) is 16.2. The fourth-order valence-corrected chi connectivity index (χ4v) is 18.1. The number of likely N-dealkylation sites (tertiary alicyclic amines) is 4. The van der Waals surface area contributed by atoms with Gasteiger partial charge in [0.1, 0.15) is 0 Å². The molecule has 12 nitrogen and oxygen atoms in total. The Morgan fingerprint density at radius 3 is 1.09 bits per heavy atom. The fraction of sp³-hybridized carbons (Fsp3) is 0.482. The lowest BCUT2D eigenvalue weighted by atomic mass is 9.92. The molecule has 8 aliphatic heterocycles. The van der Waals surface area contributed by atoms with E-state index in [4.69, 9.17) is 0 Å². The molecule has 0 saturated carbocycles. The lowest BCUT2D eigenvalue weighted by Crippen LogP contribution is -2.37. The number of hydrogen-bond donors (Lipinski definition) is 0. The minimum absolute atomic E-state index is 0.649. The van der Waals surface area contributed by atoms with Crippen LogP contribution in [0.3, 0.4) is 0 Å². The Morgan fingerprint density at radius 2 is 0.732 bits per heavy atom. The molecule has 4 aromatic heterocycles. The van der Waals surface area contributed by atoms with Crippen molar-refractivity contribution in [2.24, 2.45) is 0 Å². The zero-order chi connectivity index (χ0) is 66.9.